The lowest BCUT2D eigenvalue weighted by Crippen LogP contribution is -2.58. The Morgan fingerprint density at radius 2 is 2.16 bits per heavy atom. The Morgan fingerprint density at radius 1 is 1.31 bits per heavy atom. The quantitative estimate of drug-likeness (QED) is 0.393. The molecule has 0 bridgehead atoms. The number of nitrogens with one attached hydrogen (secondary N) is 2. The van der Waals surface area contributed by atoms with Crippen LogP contribution in [0.4, 0.5) is 5.69 Å². The lowest BCUT2D eigenvalue weighted by Gasteiger charge is -2.34. The second kappa shape index (κ2) is 12.3. The van der Waals surface area contributed by atoms with E-state index in [1.165, 1.54) is 4.90 Å². The van der Waals surface area contributed by atoms with Crippen LogP contribution in [0.15, 0.2) is 24.3 Å². The maximum atomic E-state index is 12.9. The Labute approximate surface area is 188 Å². The second-order valence-electron chi connectivity index (χ2n) is 7.97. The van der Waals surface area contributed by atoms with Crippen LogP contribution in [0.3, 0.4) is 0 Å². The Balaban J connectivity index is 1.55. The maximum absolute atomic E-state index is 12.9. The van der Waals surface area contributed by atoms with E-state index >= 15 is 0 Å². The van der Waals surface area contributed by atoms with E-state index in [9.17, 15) is 14.4 Å². The van der Waals surface area contributed by atoms with E-state index in [0.29, 0.717) is 37.7 Å². The molecule has 2 fully saturated rings. The Hall–Kier alpha value is -2.81. The Bertz CT molecular complexity index is 781. The van der Waals surface area contributed by atoms with Crippen LogP contribution in [0.5, 0.6) is 5.75 Å². The van der Waals surface area contributed by atoms with E-state index in [0.717, 1.165) is 32.3 Å². The first kappa shape index (κ1) is 23.8. The molecule has 3 rings (SSSR count). The van der Waals surface area contributed by atoms with Gasteiger partial charge in [-0.25, -0.2) is 0 Å². The van der Waals surface area contributed by atoms with Crippen LogP contribution < -0.4 is 15.4 Å². The van der Waals surface area contributed by atoms with E-state index < -0.39 is 12.0 Å². The van der Waals surface area contributed by atoms with E-state index in [2.05, 4.69) is 10.6 Å². The number of carbonyl (C=O) groups is 3. The fourth-order valence-electron chi connectivity index (χ4n) is 3.73. The average molecular weight is 448 g/mol. The number of nitrogens with zero attached hydrogens (tertiary/aromatic N) is 1. The van der Waals surface area contributed by atoms with Crippen LogP contribution in [-0.4, -0.2) is 74.3 Å². The fourth-order valence-corrected chi connectivity index (χ4v) is 3.73. The molecule has 0 spiro atoms. The molecule has 2 unspecified atom stereocenters. The summed E-state index contributed by atoms with van der Waals surface area (Å²) in [4.78, 5) is 38.8. The number of carbonyl (C=O) groups excluding carboxylic acids is 3. The maximum Gasteiger partial charge on any atom is 0.308 e. The highest BCUT2D eigenvalue weighted by Crippen LogP contribution is 2.25. The molecule has 9 nitrogen and oxygen atoms in total. The number of piperazine rings is 1. The second-order valence-corrected chi connectivity index (χ2v) is 7.97. The van der Waals surface area contributed by atoms with Gasteiger partial charge in [0.05, 0.1) is 31.4 Å². The Kier molecular flexibility index (Phi) is 9.15. The van der Waals surface area contributed by atoms with Crippen molar-refractivity contribution in [1.82, 2.24) is 10.2 Å². The van der Waals surface area contributed by atoms with Gasteiger partial charge >= 0.3 is 5.97 Å². The smallest absolute Gasteiger partial charge is 0.308 e. The number of ether oxygens (including phenoxy) is 3. The minimum atomic E-state index is -0.863. The fraction of sp³-hybridized carbons (Fsp3) is 0.609. The van der Waals surface area contributed by atoms with Crippen LogP contribution in [0, 0.1) is 0 Å². The SMILES string of the molecule is CCCCOC(=O)CC1C(=O)NCCN1C(=O)CNc1ccccc1OCC1CCCO1. The summed E-state index contributed by atoms with van der Waals surface area (Å²) >= 11 is 0. The summed E-state index contributed by atoms with van der Waals surface area (Å²) in [7, 11) is 0. The van der Waals surface area contributed by atoms with Crippen LogP contribution in [0.1, 0.15) is 39.0 Å². The summed E-state index contributed by atoms with van der Waals surface area (Å²) in [6, 6.07) is 6.54. The molecule has 9 heteroatoms. The lowest BCUT2D eigenvalue weighted by molar-refractivity contribution is -0.151. The van der Waals surface area contributed by atoms with Gasteiger partial charge in [-0.2, -0.15) is 0 Å². The van der Waals surface area contributed by atoms with Crippen molar-refractivity contribution in [3.63, 3.8) is 0 Å². The van der Waals surface area contributed by atoms with E-state index in [1.54, 1.807) is 0 Å². The molecule has 2 aliphatic rings. The van der Waals surface area contributed by atoms with Gasteiger partial charge in [-0.05, 0) is 31.4 Å². The molecule has 2 aliphatic heterocycles. The zero-order chi connectivity index (χ0) is 22.8. The van der Waals surface area contributed by atoms with Gasteiger partial charge in [-0.1, -0.05) is 25.5 Å². The summed E-state index contributed by atoms with van der Waals surface area (Å²) in [5.41, 5.74) is 0.691. The van der Waals surface area contributed by atoms with Crippen molar-refractivity contribution >= 4 is 23.5 Å². The van der Waals surface area contributed by atoms with Crippen LogP contribution in [-0.2, 0) is 23.9 Å². The predicted molar refractivity (Wildman–Crippen MR) is 118 cm³/mol. The Morgan fingerprint density at radius 3 is 2.94 bits per heavy atom. The molecule has 0 aromatic heterocycles. The summed E-state index contributed by atoms with van der Waals surface area (Å²) in [5.74, 6) is -0.431. The lowest BCUT2D eigenvalue weighted by atomic mass is 10.1. The molecule has 2 N–H and O–H groups in total. The molecular formula is C23H33N3O6. The van der Waals surface area contributed by atoms with Gasteiger partial charge in [-0.15, -0.1) is 0 Å². The summed E-state index contributed by atoms with van der Waals surface area (Å²) in [6.07, 6.45) is 3.64. The first-order valence-corrected chi connectivity index (χ1v) is 11.4. The number of anilines is 1. The highest BCUT2D eigenvalue weighted by atomic mass is 16.5. The zero-order valence-electron chi connectivity index (χ0n) is 18.6. The van der Waals surface area contributed by atoms with Crippen LogP contribution >= 0.6 is 0 Å². The topological polar surface area (TPSA) is 106 Å². The number of hydrogen-bond acceptors (Lipinski definition) is 7. The number of benzene rings is 1. The van der Waals surface area contributed by atoms with Gasteiger partial charge in [0.1, 0.15) is 18.4 Å². The number of unbranched alkanes of at least 4 members (excludes halogenated alkanes) is 1. The van der Waals surface area contributed by atoms with Crippen molar-refractivity contribution in [2.24, 2.45) is 0 Å². The molecule has 2 heterocycles. The first-order valence-electron chi connectivity index (χ1n) is 11.4. The molecule has 0 aliphatic carbocycles. The van der Waals surface area contributed by atoms with Crippen molar-refractivity contribution in [1.29, 1.82) is 0 Å². The van der Waals surface area contributed by atoms with Crippen molar-refractivity contribution in [3.8, 4) is 5.75 Å². The number of esters is 1. The molecule has 1 aromatic carbocycles. The summed E-state index contributed by atoms with van der Waals surface area (Å²) < 4.78 is 16.7. The zero-order valence-corrected chi connectivity index (χ0v) is 18.6. The number of hydrogen-bond donors (Lipinski definition) is 2. The van der Waals surface area contributed by atoms with Crippen molar-refractivity contribution in [2.75, 3.05) is 44.8 Å². The van der Waals surface area contributed by atoms with Crippen molar-refractivity contribution in [2.45, 2.75) is 51.2 Å². The van der Waals surface area contributed by atoms with Crippen molar-refractivity contribution < 1.29 is 28.6 Å². The van der Waals surface area contributed by atoms with Crippen molar-refractivity contribution in [3.05, 3.63) is 24.3 Å². The standard InChI is InChI=1S/C23H33N3O6/c1-2-3-12-31-22(28)14-19-23(29)24-10-11-26(19)21(27)15-25-18-8-4-5-9-20(18)32-16-17-7-6-13-30-17/h4-5,8-9,17,19,25H,2-3,6-7,10-16H2,1H3,(H,24,29). The summed E-state index contributed by atoms with van der Waals surface area (Å²) in [6.45, 7) is 4.22. The molecule has 1 aromatic rings. The van der Waals surface area contributed by atoms with Gasteiger partial charge in [0.15, 0.2) is 0 Å². The van der Waals surface area contributed by atoms with Gasteiger partial charge in [0, 0.05) is 19.7 Å². The third kappa shape index (κ3) is 6.85. The molecule has 2 saturated heterocycles. The van der Waals surface area contributed by atoms with E-state index in [1.807, 2.05) is 31.2 Å². The van der Waals surface area contributed by atoms with Crippen LogP contribution in [0.25, 0.3) is 0 Å². The average Bonchev–Trinajstić information content (AvgIpc) is 3.32. The molecule has 2 amide bonds. The number of rotatable bonds is 11. The normalized spacial score (nSPS) is 20.5. The molecular weight excluding hydrogens is 414 g/mol. The predicted octanol–water partition coefficient (Wildman–Crippen LogP) is 1.72. The van der Waals surface area contributed by atoms with Gasteiger partial charge in [-0.3, -0.25) is 14.4 Å². The summed E-state index contributed by atoms with van der Waals surface area (Å²) in [5, 5.41) is 5.83. The number of amides is 2. The van der Waals surface area contributed by atoms with E-state index in [-0.39, 0.29) is 30.9 Å². The third-order valence-corrected chi connectivity index (χ3v) is 5.54. The highest BCUT2D eigenvalue weighted by molar-refractivity contribution is 5.93. The van der Waals surface area contributed by atoms with Gasteiger partial charge in [0.25, 0.3) is 0 Å². The van der Waals surface area contributed by atoms with Gasteiger partial charge < -0.3 is 29.7 Å². The molecule has 0 radical (unpaired) electrons. The minimum Gasteiger partial charge on any atom is -0.489 e. The van der Waals surface area contributed by atoms with Crippen LogP contribution in [0.2, 0.25) is 0 Å². The molecule has 2 atom stereocenters. The minimum absolute atomic E-state index is 0.0189. The number of para-hydroxylation sites is 2. The first-order chi connectivity index (χ1) is 15.6. The third-order valence-electron chi connectivity index (χ3n) is 5.54. The molecule has 176 valence electrons. The van der Waals surface area contributed by atoms with E-state index in [4.69, 9.17) is 14.2 Å². The molecule has 0 saturated carbocycles. The monoisotopic (exact) mass is 447 g/mol. The highest BCUT2D eigenvalue weighted by Gasteiger charge is 2.35. The molecule has 32 heavy (non-hydrogen) atoms. The largest absolute Gasteiger partial charge is 0.489 e. The van der Waals surface area contributed by atoms with Gasteiger partial charge in [0.2, 0.25) is 11.8 Å².